The van der Waals surface area contributed by atoms with E-state index in [4.69, 9.17) is 0 Å². The summed E-state index contributed by atoms with van der Waals surface area (Å²) in [6, 6.07) is 0. The zero-order chi connectivity index (χ0) is 7.78. The summed E-state index contributed by atoms with van der Waals surface area (Å²) in [5.74, 6) is -2.30. The zero-order valence-corrected chi connectivity index (χ0v) is 5.50. The second kappa shape index (κ2) is 2.15. The number of alkyl halides is 1. The average Bonchev–Trinajstić information content (AvgIpc) is 1.83. The Morgan fingerprint density at radius 3 is 2.50 bits per heavy atom. The molecule has 0 N–H and O–H groups in total. The van der Waals surface area contributed by atoms with Crippen LogP contribution in [0.5, 0.6) is 0 Å². The van der Waals surface area contributed by atoms with Crippen LogP contribution in [0, 0.1) is 0 Å². The molecular formula is C7H7F3. The molecule has 0 radical (unpaired) electrons. The van der Waals surface area contributed by atoms with Crippen molar-refractivity contribution in [2.24, 2.45) is 0 Å². The molecule has 10 heavy (non-hydrogen) atoms. The van der Waals surface area contributed by atoms with Crippen LogP contribution in [0.4, 0.5) is 13.2 Å². The number of rotatable bonds is 0. The van der Waals surface area contributed by atoms with Gasteiger partial charge in [-0.15, -0.1) is 0 Å². The molecule has 1 unspecified atom stereocenters. The highest BCUT2D eigenvalue weighted by Crippen LogP contribution is 2.32. The SMILES string of the molecule is CC1(F)C=CCC(F)=C1F. The van der Waals surface area contributed by atoms with Crippen LogP contribution in [0.2, 0.25) is 0 Å². The maximum atomic E-state index is 12.8. The van der Waals surface area contributed by atoms with Crippen LogP contribution in [-0.2, 0) is 0 Å². The van der Waals surface area contributed by atoms with E-state index in [1.807, 2.05) is 0 Å². The van der Waals surface area contributed by atoms with Crippen molar-refractivity contribution in [1.82, 2.24) is 0 Å². The molecule has 1 atom stereocenters. The van der Waals surface area contributed by atoms with Crippen molar-refractivity contribution in [2.45, 2.75) is 19.0 Å². The Labute approximate surface area is 57.0 Å². The quantitative estimate of drug-likeness (QED) is 0.463. The van der Waals surface area contributed by atoms with Crippen LogP contribution in [-0.4, -0.2) is 5.67 Å². The minimum atomic E-state index is -2.23. The van der Waals surface area contributed by atoms with Gasteiger partial charge in [0.05, 0.1) is 0 Å². The molecule has 0 amide bonds. The van der Waals surface area contributed by atoms with Crippen LogP contribution < -0.4 is 0 Å². The van der Waals surface area contributed by atoms with Gasteiger partial charge in [-0.2, -0.15) is 0 Å². The average molecular weight is 148 g/mol. The first-order valence-corrected chi connectivity index (χ1v) is 2.95. The Hall–Kier alpha value is -0.730. The van der Waals surface area contributed by atoms with Gasteiger partial charge < -0.3 is 0 Å². The normalized spacial score (nSPS) is 33.2. The topological polar surface area (TPSA) is 0 Å². The third-order valence-electron chi connectivity index (χ3n) is 1.40. The van der Waals surface area contributed by atoms with Crippen LogP contribution in [0.3, 0.4) is 0 Å². The standard InChI is InChI=1S/C7H7F3/c1-7(10)4-2-3-5(8)6(7)9/h2,4H,3H2,1H3. The molecule has 0 aromatic rings. The van der Waals surface area contributed by atoms with E-state index in [2.05, 4.69) is 0 Å². The predicted octanol–water partition coefficient (Wildman–Crippen LogP) is 2.83. The molecule has 0 spiro atoms. The van der Waals surface area contributed by atoms with Gasteiger partial charge in [0, 0.05) is 6.42 Å². The van der Waals surface area contributed by atoms with Gasteiger partial charge in [0.1, 0.15) is 5.83 Å². The Kier molecular flexibility index (Phi) is 1.58. The van der Waals surface area contributed by atoms with E-state index in [0.717, 1.165) is 13.0 Å². The lowest BCUT2D eigenvalue weighted by Crippen LogP contribution is -2.18. The summed E-state index contributed by atoms with van der Waals surface area (Å²) in [5.41, 5.74) is -2.23. The largest absolute Gasteiger partial charge is 0.232 e. The minimum absolute atomic E-state index is 0.134. The van der Waals surface area contributed by atoms with Gasteiger partial charge in [0.25, 0.3) is 0 Å². The molecule has 0 fully saturated rings. The summed E-state index contributed by atoms with van der Waals surface area (Å²) < 4.78 is 37.5. The van der Waals surface area contributed by atoms with E-state index in [1.54, 1.807) is 0 Å². The van der Waals surface area contributed by atoms with Crippen LogP contribution in [0.25, 0.3) is 0 Å². The predicted molar refractivity (Wildman–Crippen MR) is 32.5 cm³/mol. The van der Waals surface area contributed by atoms with Gasteiger partial charge >= 0.3 is 0 Å². The maximum absolute atomic E-state index is 12.8. The molecule has 1 aliphatic rings. The minimum Gasteiger partial charge on any atom is -0.232 e. The van der Waals surface area contributed by atoms with Crippen molar-refractivity contribution in [3.8, 4) is 0 Å². The first-order chi connectivity index (χ1) is 4.54. The molecule has 0 saturated carbocycles. The van der Waals surface area contributed by atoms with Crippen LogP contribution in [0.1, 0.15) is 13.3 Å². The molecule has 0 aromatic heterocycles. The maximum Gasteiger partial charge on any atom is 0.180 e. The summed E-state index contributed by atoms with van der Waals surface area (Å²) in [5, 5.41) is 0. The monoisotopic (exact) mass is 148 g/mol. The third kappa shape index (κ3) is 1.08. The van der Waals surface area contributed by atoms with E-state index in [-0.39, 0.29) is 6.42 Å². The molecule has 0 nitrogen and oxygen atoms in total. The van der Waals surface area contributed by atoms with E-state index in [1.165, 1.54) is 6.08 Å². The van der Waals surface area contributed by atoms with Crippen LogP contribution >= 0.6 is 0 Å². The van der Waals surface area contributed by atoms with Crippen molar-refractivity contribution in [3.63, 3.8) is 0 Å². The molecule has 0 heterocycles. The lowest BCUT2D eigenvalue weighted by atomic mass is 10.0. The number of hydrogen-bond donors (Lipinski definition) is 0. The second-order valence-electron chi connectivity index (χ2n) is 2.40. The van der Waals surface area contributed by atoms with Crippen molar-refractivity contribution >= 4 is 0 Å². The number of halogens is 3. The summed E-state index contributed by atoms with van der Waals surface area (Å²) in [4.78, 5) is 0. The molecule has 1 aliphatic carbocycles. The highest BCUT2D eigenvalue weighted by molar-refractivity contribution is 5.26. The van der Waals surface area contributed by atoms with Crippen molar-refractivity contribution in [2.75, 3.05) is 0 Å². The molecule has 1 rings (SSSR count). The second-order valence-corrected chi connectivity index (χ2v) is 2.40. The van der Waals surface area contributed by atoms with Crippen molar-refractivity contribution in [1.29, 1.82) is 0 Å². The van der Waals surface area contributed by atoms with E-state index < -0.39 is 17.3 Å². The molecule has 0 saturated heterocycles. The van der Waals surface area contributed by atoms with Crippen LogP contribution in [0.15, 0.2) is 23.8 Å². The molecule has 0 bridgehead atoms. The summed E-state index contributed by atoms with van der Waals surface area (Å²) in [7, 11) is 0. The third-order valence-corrected chi connectivity index (χ3v) is 1.40. The number of allylic oxidation sites excluding steroid dienone is 4. The fourth-order valence-electron chi connectivity index (χ4n) is 0.812. The van der Waals surface area contributed by atoms with Gasteiger partial charge in [-0.05, 0) is 13.0 Å². The van der Waals surface area contributed by atoms with E-state index >= 15 is 0 Å². The highest BCUT2D eigenvalue weighted by Gasteiger charge is 2.31. The Bertz CT molecular complexity index is 201. The van der Waals surface area contributed by atoms with Gasteiger partial charge in [0.2, 0.25) is 0 Å². The molecular weight excluding hydrogens is 141 g/mol. The van der Waals surface area contributed by atoms with Gasteiger partial charge in [-0.1, -0.05) is 6.08 Å². The lowest BCUT2D eigenvalue weighted by molar-refractivity contribution is 0.242. The van der Waals surface area contributed by atoms with Gasteiger partial charge in [-0.3, -0.25) is 0 Å². The molecule has 56 valence electrons. The van der Waals surface area contributed by atoms with Gasteiger partial charge in [-0.25, -0.2) is 13.2 Å². The first kappa shape index (κ1) is 7.38. The first-order valence-electron chi connectivity index (χ1n) is 2.95. The molecule has 0 aliphatic heterocycles. The van der Waals surface area contributed by atoms with Gasteiger partial charge in [0.15, 0.2) is 11.5 Å². The highest BCUT2D eigenvalue weighted by atomic mass is 19.2. The zero-order valence-electron chi connectivity index (χ0n) is 5.50. The summed E-state index contributed by atoms with van der Waals surface area (Å²) in [6.07, 6.45) is 2.16. The smallest absolute Gasteiger partial charge is 0.180 e. The number of hydrogen-bond acceptors (Lipinski definition) is 0. The fraction of sp³-hybridized carbons (Fsp3) is 0.429. The van der Waals surface area contributed by atoms with Crippen molar-refractivity contribution < 1.29 is 13.2 Å². The molecule has 3 heteroatoms. The Morgan fingerprint density at radius 2 is 2.10 bits per heavy atom. The summed E-state index contributed by atoms with van der Waals surface area (Å²) in [6.45, 7) is 0.984. The van der Waals surface area contributed by atoms with E-state index in [0.29, 0.717) is 0 Å². The molecule has 0 aromatic carbocycles. The lowest BCUT2D eigenvalue weighted by Gasteiger charge is -2.17. The summed E-state index contributed by atoms with van der Waals surface area (Å²) >= 11 is 0. The Morgan fingerprint density at radius 1 is 1.50 bits per heavy atom. The fourth-order valence-corrected chi connectivity index (χ4v) is 0.812. The van der Waals surface area contributed by atoms with Crippen molar-refractivity contribution in [3.05, 3.63) is 23.8 Å². The Balaban J connectivity index is 2.97. The van der Waals surface area contributed by atoms with E-state index in [9.17, 15) is 13.2 Å².